The highest BCUT2D eigenvalue weighted by molar-refractivity contribution is 6.04. The second kappa shape index (κ2) is 7.59. The summed E-state index contributed by atoms with van der Waals surface area (Å²) in [4.78, 5) is 27.7. The van der Waals surface area contributed by atoms with E-state index in [0.29, 0.717) is 13.1 Å². The Morgan fingerprint density at radius 1 is 1.04 bits per heavy atom. The van der Waals surface area contributed by atoms with Crippen LogP contribution >= 0.6 is 0 Å². The van der Waals surface area contributed by atoms with E-state index < -0.39 is 5.41 Å². The van der Waals surface area contributed by atoms with Gasteiger partial charge in [-0.3, -0.25) is 9.59 Å². The number of nitrogens with zero attached hydrogens (tertiary/aromatic N) is 1. The van der Waals surface area contributed by atoms with Crippen molar-refractivity contribution in [1.29, 1.82) is 0 Å². The second-order valence-corrected chi connectivity index (χ2v) is 8.03. The van der Waals surface area contributed by atoms with E-state index in [1.807, 2.05) is 17.0 Å². The van der Waals surface area contributed by atoms with E-state index in [0.717, 1.165) is 19.3 Å². The molecule has 1 aliphatic heterocycles. The molecule has 25 heavy (non-hydrogen) atoms. The number of fused-ring (bicyclic) bond motifs is 1. The molecule has 4 heteroatoms. The molecule has 0 bridgehead atoms. The van der Waals surface area contributed by atoms with Gasteiger partial charge in [0, 0.05) is 19.1 Å². The highest BCUT2D eigenvalue weighted by Gasteiger charge is 2.40. The first-order chi connectivity index (χ1) is 12.0. The zero-order chi connectivity index (χ0) is 17.9. The molecule has 1 N–H and O–H groups in total. The van der Waals surface area contributed by atoms with Gasteiger partial charge in [-0.05, 0) is 44.2 Å². The molecule has 4 nitrogen and oxygen atoms in total. The molecule has 1 aromatic rings. The largest absolute Gasteiger partial charge is 0.352 e. The van der Waals surface area contributed by atoms with Gasteiger partial charge in [-0.25, -0.2) is 0 Å². The van der Waals surface area contributed by atoms with E-state index >= 15 is 0 Å². The van der Waals surface area contributed by atoms with Crippen LogP contribution in [0.15, 0.2) is 24.3 Å². The molecule has 2 aliphatic rings. The van der Waals surface area contributed by atoms with Crippen LogP contribution < -0.4 is 5.32 Å². The van der Waals surface area contributed by atoms with Crippen LogP contribution in [0, 0.1) is 5.41 Å². The van der Waals surface area contributed by atoms with Crippen LogP contribution in [0.25, 0.3) is 0 Å². The monoisotopic (exact) mass is 342 g/mol. The van der Waals surface area contributed by atoms with Crippen LogP contribution in [0.3, 0.4) is 0 Å². The SMILES string of the molecule is CC(C)(C(=O)NC1CCCCCC1)C(=O)N1CCc2ccccc2C1. The van der Waals surface area contributed by atoms with Crippen molar-refractivity contribution in [1.82, 2.24) is 10.2 Å². The Labute approximate surface area is 151 Å². The number of hydrogen-bond acceptors (Lipinski definition) is 2. The second-order valence-electron chi connectivity index (χ2n) is 8.03. The molecular formula is C21H30N2O2. The van der Waals surface area contributed by atoms with Crippen LogP contribution in [0.4, 0.5) is 0 Å². The van der Waals surface area contributed by atoms with E-state index in [2.05, 4.69) is 17.4 Å². The van der Waals surface area contributed by atoms with Gasteiger partial charge in [0.2, 0.25) is 11.8 Å². The van der Waals surface area contributed by atoms with Gasteiger partial charge in [-0.2, -0.15) is 0 Å². The predicted octanol–water partition coefficient (Wildman–Crippen LogP) is 3.44. The first-order valence-electron chi connectivity index (χ1n) is 9.65. The van der Waals surface area contributed by atoms with Gasteiger partial charge < -0.3 is 10.2 Å². The zero-order valence-electron chi connectivity index (χ0n) is 15.5. The van der Waals surface area contributed by atoms with Crippen LogP contribution in [0.2, 0.25) is 0 Å². The summed E-state index contributed by atoms with van der Waals surface area (Å²) in [6.45, 7) is 4.83. The van der Waals surface area contributed by atoms with Crippen molar-refractivity contribution >= 4 is 11.8 Å². The van der Waals surface area contributed by atoms with E-state index in [1.165, 1.54) is 36.8 Å². The van der Waals surface area contributed by atoms with E-state index in [1.54, 1.807) is 13.8 Å². The van der Waals surface area contributed by atoms with Crippen molar-refractivity contribution in [2.75, 3.05) is 6.54 Å². The van der Waals surface area contributed by atoms with E-state index in [4.69, 9.17) is 0 Å². The Hall–Kier alpha value is -1.84. The lowest BCUT2D eigenvalue weighted by Crippen LogP contribution is -2.52. The third-order valence-corrected chi connectivity index (χ3v) is 5.71. The Morgan fingerprint density at radius 3 is 2.36 bits per heavy atom. The number of carbonyl (C=O) groups excluding carboxylic acids is 2. The summed E-state index contributed by atoms with van der Waals surface area (Å²) in [6.07, 6.45) is 7.77. The average molecular weight is 342 g/mol. The zero-order valence-corrected chi connectivity index (χ0v) is 15.5. The maximum atomic E-state index is 13.0. The number of hydrogen-bond donors (Lipinski definition) is 1. The molecule has 0 radical (unpaired) electrons. The minimum Gasteiger partial charge on any atom is -0.352 e. The first kappa shape index (κ1) is 18.0. The van der Waals surface area contributed by atoms with Crippen LogP contribution in [-0.2, 0) is 22.6 Å². The molecule has 1 fully saturated rings. The van der Waals surface area contributed by atoms with Crippen molar-refractivity contribution in [3.05, 3.63) is 35.4 Å². The van der Waals surface area contributed by atoms with Gasteiger partial charge in [-0.1, -0.05) is 49.9 Å². The van der Waals surface area contributed by atoms with Crippen molar-refractivity contribution in [2.24, 2.45) is 5.41 Å². The fraction of sp³-hybridized carbons (Fsp3) is 0.619. The molecule has 0 aromatic heterocycles. The fourth-order valence-electron chi connectivity index (χ4n) is 3.95. The Bertz CT molecular complexity index is 631. The maximum Gasteiger partial charge on any atom is 0.238 e. The summed E-state index contributed by atoms with van der Waals surface area (Å²) in [5.41, 5.74) is 1.49. The topological polar surface area (TPSA) is 49.4 Å². The molecule has 1 aliphatic carbocycles. The number of carbonyl (C=O) groups is 2. The molecule has 2 amide bonds. The molecule has 0 unspecified atom stereocenters. The minimum atomic E-state index is -1.02. The van der Waals surface area contributed by atoms with Gasteiger partial charge in [0.05, 0.1) is 0 Å². The Balaban J connectivity index is 1.64. The predicted molar refractivity (Wildman–Crippen MR) is 99.0 cm³/mol. The molecule has 1 saturated carbocycles. The highest BCUT2D eigenvalue weighted by atomic mass is 16.2. The summed E-state index contributed by atoms with van der Waals surface area (Å²) >= 11 is 0. The Kier molecular flexibility index (Phi) is 5.45. The maximum absolute atomic E-state index is 13.0. The summed E-state index contributed by atoms with van der Waals surface area (Å²) in [5.74, 6) is -0.184. The lowest BCUT2D eigenvalue weighted by molar-refractivity contribution is -0.149. The molecule has 136 valence electrons. The third-order valence-electron chi connectivity index (χ3n) is 5.71. The molecule has 3 rings (SSSR count). The molecule has 1 heterocycles. The molecule has 0 atom stereocenters. The lowest BCUT2D eigenvalue weighted by atomic mass is 9.88. The molecule has 0 saturated heterocycles. The van der Waals surface area contributed by atoms with Crippen molar-refractivity contribution in [2.45, 2.75) is 71.4 Å². The fourth-order valence-corrected chi connectivity index (χ4v) is 3.95. The minimum absolute atomic E-state index is 0.0619. The summed E-state index contributed by atoms with van der Waals surface area (Å²) in [5, 5.41) is 3.15. The lowest BCUT2D eigenvalue weighted by Gasteiger charge is -2.35. The Morgan fingerprint density at radius 2 is 1.68 bits per heavy atom. The molecule has 1 aromatic carbocycles. The number of benzene rings is 1. The smallest absolute Gasteiger partial charge is 0.238 e. The summed E-state index contributed by atoms with van der Waals surface area (Å²) < 4.78 is 0. The van der Waals surface area contributed by atoms with Gasteiger partial charge >= 0.3 is 0 Å². The van der Waals surface area contributed by atoms with Gasteiger partial charge in [0.1, 0.15) is 5.41 Å². The van der Waals surface area contributed by atoms with Crippen LogP contribution in [0.5, 0.6) is 0 Å². The summed E-state index contributed by atoms with van der Waals surface area (Å²) in [7, 11) is 0. The average Bonchev–Trinajstić information content (AvgIpc) is 2.89. The van der Waals surface area contributed by atoms with Crippen molar-refractivity contribution in [3.8, 4) is 0 Å². The highest BCUT2D eigenvalue weighted by Crippen LogP contribution is 2.26. The number of nitrogens with one attached hydrogen (secondary N) is 1. The van der Waals surface area contributed by atoms with E-state index in [-0.39, 0.29) is 17.9 Å². The van der Waals surface area contributed by atoms with E-state index in [9.17, 15) is 9.59 Å². The van der Waals surface area contributed by atoms with Gasteiger partial charge in [-0.15, -0.1) is 0 Å². The summed E-state index contributed by atoms with van der Waals surface area (Å²) in [6, 6.07) is 8.48. The standard InChI is InChI=1S/C21H30N2O2/c1-21(2,19(24)22-18-11-5-3-4-6-12-18)20(25)23-14-13-16-9-7-8-10-17(16)15-23/h7-10,18H,3-6,11-15H2,1-2H3,(H,22,24). The van der Waals surface area contributed by atoms with Crippen molar-refractivity contribution < 1.29 is 9.59 Å². The van der Waals surface area contributed by atoms with Gasteiger partial charge in [0.15, 0.2) is 0 Å². The number of amides is 2. The van der Waals surface area contributed by atoms with Gasteiger partial charge in [0.25, 0.3) is 0 Å². The molecular weight excluding hydrogens is 312 g/mol. The molecule has 0 spiro atoms. The quantitative estimate of drug-likeness (QED) is 0.676. The normalized spacial score (nSPS) is 19.0. The van der Waals surface area contributed by atoms with Crippen LogP contribution in [-0.4, -0.2) is 29.3 Å². The van der Waals surface area contributed by atoms with Crippen LogP contribution in [0.1, 0.15) is 63.5 Å². The first-order valence-corrected chi connectivity index (χ1v) is 9.65. The van der Waals surface area contributed by atoms with Crippen molar-refractivity contribution in [3.63, 3.8) is 0 Å². The third kappa shape index (κ3) is 4.05. The number of rotatable bonds is 3.